The van der Waals surface area contributed by atoms with Crippen LogP contribution in [0.3, 0.4) is 0 Å². The van der Waals surface area contributed by atoms with Gasteiger partial charge in [0.1, 0.15) is 0 Å². The van der Waals surface area contributed by atoms with Crippen LogP contribution >= 0.6 is 11.3 Å². The fraction of sp³-hybridized carbons (Fsp3) is 0.700. The summed E-state index contributed by atoms with van der Waals surface area (Å²) in [4.78, 5) is 4.20. The van der Waals surface area contributed by atoms with Crippen LogP contribution in [-0.4, -0.2) is 24.6 Å². The summed E-state index contributed by atoms with van der Waals surface area (Å²) in [5.74, 6) is 0.730. The van der Waals surface area contributed by atoms with Crippen LogP contribution in [0.25, 0.3) is 0 Å². The van der Waals surface area contributed by atoms with E-state index in [0.717, 1.165) is 37.8 Å². The van der Waals surface area contributed by atoms with E-state index >= 15 is 0 Å². The van der Waals surface area contributed by atoms with Gasteiger partial charge in [-0.2, -0.15) is 0 Å². The minimum absolute atomic E-state index is 0.730. The van der Waals surface area contributed by atoms with Gasteiger partial charge in [-0.25, -0.2) is 4.98 Å². The highest BCUT2D eigenvalue weighted by Gasteiger charge is 1.94. The van der Waals surface area contributed by atoms with Crippen LogP contribution in [0.15, 0.2) is 10.9 Å². The SMILES string of the molecule is CC(C)CNCCNCc1cscn1. The normalized spacial score (nSPS) is 11.1. The maximum atomic E-state index is 4.20. The molecule has 0 fully saturated rings. The predicted molar refractivity (Wildman–Crippen MR) is 61.5 cm³/mol. The van der Waals surface area contributed by atoms with E-state index in [9.17, 15) is 0 Å². The van der Waals surface area contributed by atoms with E-state index < -0.39 is 0 Å². The number of nitrogens with one attached hydrogen (secondary N) is 2. The molecule has 0 atom stereocenters. The van der Waals surface area contributed by atoms with Crippen molar-refractivity contribution in [2.24, 2.45) is 5.92 Å². The number of nitrogens with zero attached hydrogens (tertiary/aromatic N) is 1. The molecular formula is C10H19N3S. The Morgan fingerprint density at radius 2 is 2.14 bits per heavy atom. The lowest BCUT2D eigenvalue weighted by molar-refractivity contribution is 0.534. The second-order valence-corrected chi connectivity index (χ2v) is 4.47. The van der Waals surface area contributed by atoms with Crippen molar-refractivity contribution >= 4 is 11.3 Å². The zero-order valence-corrected chi connectivity index (χ0v) is 9.73. The molecule has 1 heterocycles. The van der Waals surface area contributed by atoms with E-state index in [1.54, 1.807) is 11.3 Å². The van der Waals surface area contributed by atoms with Crippen LogP contribution < -0.4 is 10.6 Å². The van der Waals surface area contributed by atoms with Gasteiger partial charge in [-0.3, -0.25) is 0 Å². The topological polar surface area (TPSA) is 37.0 Å². The van der Waals surface area contributed by atoms with Crippen molar-refractivity contribution in [2.75, 3.05) is 19.6 Å². The van der Waals surface area contributed by atoms with E-state index in [-0.39, 0.29) is 0 Å². The smallest absolute Gasteiger partial charge is 0.0795 e. The number of aromatic nitrogens is 1. The monoisotopic (exact) mass is 213 g/mol. The number of thiazole rings is 1. The van der Waals surface area contributed by atoms with E-state index in [1.807, 2.05) is 5.51 Å². The molecule has 0 spiro atoms. The lowest BCUT2D eigenvalue weighted by atomic mass is 10.2. The summed E-state index contributed by atoms with van der Waals surface area (Å²) < 4.78 is 0. The maximum absolute atomic E-state index is 4.20. The van der Waals surface area contributed by atoms with Crippen LogP contribution in [0.1, 0.15) is 19.5 Å². The van der Waals surface area contributed by atoms with Crippen LogP contribution in [0.5, 0.6) is 0 Å². The standard InChI is InChI=1S/C10H19N3S/c1-9(2)5-11-3-4-12-6-10-7-14-8-13-10/h7-9,11-12H,3-6H2,1-2H3. The molecule has 0 saturated heterocycles. The Balaban J connectivity index is 1.90. The number of rotatable bonds is 7. The zero-order valence-electron chi connectivity index (χ0n) is 8.92. The molecular weight excluding hydrogens is 194 g/mol. The van der Waals surface area contributed by atoms with Gasteiger partial charge < -0.3 is 10.6 Å². The minimum atomic E-state index is 0.730. The maximum Gasteiger partial charge on any atom is 0.0795 e. The largest absolute Gasteiger partial charge is 0.315 e. The van der Waals surface area contributed by atoms with Gasteiger partial charge in [0.25, 0.3) is 0 Å². The third-order valence-corrected chi connectivity index (χ3v) is 2.46. The molecule has 1 aromatic heterocycles. The Kier molecular flexibility index (Phi) is 5.75. The third kappa shape index (κ3) is 5.32. The molecule has 0 aliphatic heterocycles. The zero-order chi connectivity index (χ0) is 10.2. The first kappa shape index (κ1) is 11.6. The molecule has 0 aliphatic rings. The van der Waals surface area contributed by atoms with Crippen molar-refractivity contribution in [3.05, 3.63) is 16.6 Å². The van der Waals surface area contributed by atoms with Crippen molar-refractivity contribution in [3.8, 4) is 0 Å². The van der Waals surface area contributed by atoms with Crippen LogP contribution in [0, 0.1) is 5.92 Å². The Labute approximate surface area is 89.9 Å². The molecule has 3 nitrogen and oxygen atoms in total. The molecule has 0 bridgehead atoms. The first-order valence-corrected chi connectivity index (χ1v) is 6.02. The van der Waals surface area contributed by atoms with Crippen LogP contribution in [0.4, 0.5) is 0 Å². The van der Waals surface area contributed by atoms with Gasteiger partial charge in [-0.15, -0.1) is 11.3 Å². The van der Waals surface area contributed by atoms with Gasteiger partial charge in [-0.1, -0.05) is 13.8 Å². The molecule has 4 heteroatoms. The summed E-state index contributed by atoms with van der Waals surface area (Å²) in [6.45, 7) is 8.45. The molecule has 2 N–H and O–H groups in total. The predicted octanol–water partition coefficient (Wildman–Crippen LogP) is 1.48. The Bertz CT molecular complexity index is 221. The van der Waals surface area contributed by atoms with Gasteiger partial charge in [0.2, 0.25) is 0 Å². The Morgan fingerprint density at radius 1 is 1.36 bits per heavy atom. The van der Waals surface area contributed by atoms with Crippen LogP contribution in [-0.2, 0) is 6.54 Å². The molecule has 0 saturated carbocycles. The van der Waals surface area contributed by atoms with Gasteiger partial charge >= 0.3 is 0 Å². The van der Waals surface area contributed by atoms with E-state index in [1.165, 1.54) is 0 Å². The summed E-state index contributed by atoms with van der Waals surface area (Å²) >= 11 is 1.65. The Hall–Kier alpha value is -0.450. The molecule has 0 aliphatic carbocycles. The van der Waals surface area contributed by atoms with E-state index in [2.05, 4.69) is 34.8 Å². The summed E-state index contributed by atoms with van der Waals surface area (Å²) in [5, 5.41) is 8.81. The highest BCUT2D eigenvalue weighted by molar-refractivity contribution is 7.07. The average Bonchev–Trinajstić information content (AvgIpc) is 2.63. The van der Waals surface area contributed by atoms with Crippen LogP contribution in [0.2, 0.25) is 0 Å². The highest BCUT2D eigenvalue weighted by atomic mass is 32.1. The lowest BCUT2D eigenvalue weighted by Gasteiger charge is -2.07. The Morgan fingerprint density at radius 3 is 2.79 bits per heavy atom. The summed E-state index contributed by atoms with van der Waals surface area (Å²) in [6, 6.07) is 0. The third-order valence-electron chi connectivity index (χ3n) is 1.82. The summed E-state index contributed by atoms with van der Waals surface area (Å²) in [7, 11) is 0. The van der Waals surface area contributed by atoms with Crippen molar-refractivity contribution < 1.29 is 0 Å². The molecule has 1 rings (SSSR count). The average molecular weight is 213 g/mol. The van der Waals surface area contributed by atoms with Gasteiger partial charge in [0, 0.05) is 25.0 Å². The molecule has 14 heavy (non-hydrogen) atoms. The highest BCUT2D eigenvalue weighted by Crippen LogP contribution is 1.99. The fourth-order valence-corrected chi connectivity index (χ4v) is 1.67. The second kappa shape index (κ2) is 6.92. The van der Waals surface area contributed by atoms with E-state index in [4.69, 9.17) is 0 Å². The molecule has 0 radical (unpaired) electrons. The number of hydrogen-bond acceptors (Lipinski definition) is 4. The van der Waals surface area contributed by atoms with Gasteiger partial charge in [-0.05, 0) is 12.5 Å². The summed E-state index contributed by atoms with van der Waals surface area (Å²) in [5.41, 5.74) is 3.01. The first-order chi connectivity index (χ1) is 6.79. The first-order valence-electron chi connectivity index (χ1n) is 5.07. The van der Waals surface area contributed by atoms with Crippen molar-refractivity contribution in [1.29, 1.82) is 0 Å². The molecule has 1 aromatic rings. The van der Waals surface area contributed by atoms with E-state index in [0.29, 0.717) is 0 Å². The minimum Gasteiger partial charge on any atom is -0.315 e. The molecule has 80 valence electrons. The van der Waals surface area contributed by atoms with Gasteiger partial charge in [0.15, 0.2) is 0 Å². The van der Waals surface area contributed by atoms with Crippen molar-refractivity contribution in [1.82, 2.24) is 15.6 Å². The molecule has 0 amide bonds. The molecule has 0 aromatic carbocycles. The quantitative estimate of drug-likeness (QED) is 0.674. The van der Waals surface area contributed by atoms with Crippen molar-refractivity contribution in [3.63, 3.8) is 0 Å². The summed E-state index contributed by atoms with van der Waals surface area (Å²) in [6.07, 6.45) is 0. The fourth-order valence-electron chi connectivity index (χ4n) is 1.11. The lowest BCUT2D eigenvalue weighted by Crippen LogP contribution is -2.29. The second-order valence-electron chi connectivity index (χ2n) is 3.75. The molecule has 0 unspecified atom stereocenters. The van der Waals surface area contributed by atoms with Gasteiger partial charge in [0.05, 0.1) is 11.2 Å². The number of hydrogen-bond donors (Lipinski definition) is 2. The van der Waals surface area contributed by atoms with Crippen molar-refractivity contribution in [2.45, 2.75) is 20.4 Å².